The van der Waals surface area contributed by atoms with Crippen LogP contribution in [0, 0.1) is 17.8 Å². The van der Waals surface area contributed by atoms with E-state index in [1.54, 1.807) is 0 Å². The van der Waals surface area contributed by atoms with E-state index in [-0.39, 0.29) is 6.04 Å². The van der Waals surface area contributed by atoms with Crippen molar-refractivity contribution >= 4 is 27.5 Å². The summed E-state index contributed by atoms with van der Waals surface area (Å²) in [5.41, 5.74) is 7.62. The number of halogens is 2. The van der Waals surface area contributed by atoms with Crippen LogP contribution in [0.2, 0.25) is 5.02 Å². The molecule has 2 N–H and O–H groups in total. The highest BCUT2D eigenvalue weighted by atomic mass is 79.9. The number of benzene rings is 1. The summed E-state index contributed by atoms with van der Waals surface area (Å²) in [5.74, 6) is 2.13. The molecule has 0 bridgehead atoms. The van der Waals surface area contributed by atoms with E-state index >= 15 is 0 Å². The van der Waals surface area contributed by atoms with Crippen LogP contribution in [-0.2, 0) is 0 Å². The molecule has 0 aromatic heterocycles. The quantitative estimate of drug-likeness (QED) is 0.795. The summed E-state index contributed by atoms with van der Waals surface area (Å²) < 4.78 is 1.07. The molecule has 0 heterocycles. The molecule has 0 radical (unpaired) electrons. The molecule has 0 amide bonds. The molecule has 0 saturated heterocycles. The molecule has 1 fully saturated rings. The van der Waals surface area contributed by atoms with E-state index in [9.17, 15) is 0 Å². The zero-order chi connectivity index (χ0) is 13.3. The molecule has 2 rings (SSSR count). The standard InChI is InChI=1S/C15H21BrClN/c1-9-5-10(2)7-11(6-9)15(18)13-8-12(17)3-4-14(13)16/h3-4,8-11,15H,5-7,18H2,1-2H3. The lowest BCUT2D eigenvalue weighted by Gasteiger charge is -2.35. The van der Waals surface area contributed by atoms with Crippen molar-refractivity contribution in [3.8, 4) is 0 Å². The maximum atomic E-state index is 6.48. The minimum Gasteiger partial charge on any atom is -0.324 e. The van der Waals surface area contributed by atoms with Crippen molar-refractivity contribution in [2.24, 2.45) is 23.5 Å². The Morgan fingerprint density at radius 1 is 1.22 bits per heavy atom. The normalized spacial score (nSPS) is 30.2. The zero-order valence-corrected chi connectivity index (χ0v) is 13.3. The second kappa shape index (κ2) is 5.94. The van der Waals surface area contributed by atoms with Gasteiger partial charge in [0.05, 0.1) is 0 Å². The van der Waals surface area contributed by atoms with Crippen molar-refractivity contribution in [1.29, 1.82) is 0 Å². The monoisotopic (exact) mass is 329 g/mol. The van der Waals surface area contributed by atoms with Gasteiger partial charge in [-0.3, -0.25) is 0 Å². The van der Waals surface area contributed by atoms with Crippen LogP contribution in [-0.4, -0.2) is 0 Å². The lowest BCUT2D eigenvalue weighted by molar-refractivity contribution is 0.193. The van der Waals surface area contributed by atoms with E-state index in [0.717, 1.165) is 26.9 Å². The van der Waals surface area contributed by atoms with Gasteiger partial charge < -0.3 is 5.73 Å². The number of nitrogens with two attached hydrogens (primary N) is 1. The van der Waals surface area contributed by atoms with Gasteiger partial charge in [-0.05, 0) is 60.8 Å². The van der Waals surface area contributed by atoms with Crippen LogP contribution in [0.1, 0.15) is 44.7 Å². The third-order valence-electron chi connectivity index (χ3n) is 4.04. The Morgan fingerprint density at radius 3 is 2.44 bits per heavy atom. The van der Waals surface area contributed by atoms with Gasteiger partial charge in [0.1, 0.15) is 0 Å². The van der Waals surface area contributed by atoms with Gasteiger partial charge in [0.2, 0.25) is 0 Å². The molecule has 18 heavy (non-hydrogen) atoms. The SMILES string of the molecule is CC1CC(C)CC(C(N)c2cc(Cl)ccc2Br)C1. The first-order valence-corrected chi connectivity index (χ1v) is 7.85. The summed E-state index contributed by atoms with van der Waals surface area (Å²) in [6, 6.07) is 5.98. The van der Waals surface area contributed by atoms with Crippen LogP contribution in [0.3, 0.4) is 0 Å². The highest BCUT2D eigenvalue weighted by Gasteiger charge is 2.29. The van der Waals surface area contributed by atoms with Crippen molar-refractivity contribution in [2.45, 2.75) is 39.2 Å². The van der Waals surface area contributed by atoms with E-state index in [1.807, 2.05) is 18.2 Å². The Bertz CT molecular complexity index is 411. The second-order valence-corrected chi connectivity index (χ2v) is 7.16. The minimum absolute atomic E-state index is 0.0864. The van der Waals surface area contributed by atoms with Crippen molar-refractivity contribution < 1.29 is 0 Å². The van der Waals surface area contributed by atoms with Gasteiger partial charge in [-0.15, -0.1) is 0 Å². The summed E-state index contributed by atoms with van der Waals surface area (Å²) in [6.45, 7) is 4.67. The predicted octanol–water partition coefficient (Wildman–Crippen LogP) is 5.17. The second-order valence-electron chi connectivity index (χ2n) is 5.87. The van der Waals surface area contributed by atoms with Crippen molar-refractivity contribution in [3.63, 3.8) is 0 Å². The largest absolute Gasteiger partial charge is 0.324 e. The molecule has 1 aromatic carbocycles. The fraction of sp³-hybridized carbons (Fsp3) is 0.600. The fourth-order valence-corrected chi connectivity index (χ4v) is 4.02. The molecule has 1 aliphatic carbocycles. The van der Waals surface area contributed by atoms with Gasteiger partial charge in [-0.25, -0.2) is 0 Å². The zero-order valence-electron chi connectivity index (χ0n) is 11.0. The van der Waals surface area contributed by atoms with Gasteiger partial charge in [-0.1, -0.05) is 41.4 Å². The van der Waals surface area contributed by atoms with Gasteiger partial charge in [0, 0.05) is 15.5 Å². The fourth-order valence-electron chi connectivity index (χ4n) is 3.33. The predicted molar refractivity (Wildman–Crippen MR) is 81.7 cm³/mol. The number of rotatable bonds is 2. The van der Waals surface area contributed by atoms with E-state index in [1.165, 1.54) is 19.3 Å². The molecule has 3 heteroatoms. The minimum atomic E-state index is 0.0864. The van der Waals surface area contributed by atoms with Gasteiger partial charge >= 0.3 is 0 Å². The third-order valence-corrected chi connectivity index (χ3v) is 5.00. The highest BCUT2D eigenvalue weighted by Crippen LogP contribution is 2.40. The molecule has 1 aliphatic rings. The molecular weight excluding hydrogens is 310 g/mol. The summed E-state index contributed by atoms with van der Waals surface area (Å²) in [5, 5.41) is 0.764. The maximum absolute atomic E-state index is 6.48. The summed E-state index contributed by atoms with van der Waals surface area (Å²) in [4.78, 5) is 0. The lowest BCUT2D eigenvalue weighted by atomic mass is 9.72. The van der Waals surface area contributed by atoms with E-state index < -0.39 is 0 Å². The molecule has 3 atom stereocenters. The van der Waals surface area contributed by atoms with Crippen LogP contribution >= 0.6 is 27.5 Å². The molecule has 0 spiro atoms. The van der Waals surface area contributed by atoms with Crippen LogP contribution < -0.4 is 5.73 Å². The van der Waals surface area contributed by atoms with Crippen LogP contribution in [0.5, 0.6) is 0 Å². The first kappa shape index (κ1) is 14.4. The Morgan fingerprint density at radius 2 is 1.83 bits per heavy atom. The van der Waals surface area contributed by atoms with Gasteiger partial charge in [0.15, 0.2) is 0 Å². The molecule has 0 aliphatic heterocycles. The first-order valence-electron chi connectivity index (χ1n) is 6.68. The molecule has 1 nitrogen and oxygen atoms in total. The van der Waals surface area contributed by atoms with E-state index in [0.29, 0.717) is 5.92 Å². The topological polar surface area (TPSA) is 26.0 Å². The highest BCUT2D eigenvalue weighted by molar-refractivity contribution is 9.10. The van der Waals surface area contributed by atoms with Crippen LogP contribution in [0.15, 0.2) is 22.7 Å². The molecule has 1 aromatic rings. The van der Waals surface area contributed by atoms with Gasteiger partial charge in [0.25, 0.3) is 0 Å². The summed E-state index contributed by atoms with van der Waals surface area (Å²) in [7, 11) is 0. The van der Waals surface area contributed by atoms with Crippen molar-refractivity contribution in [3.05, 3.63) is 33.3 Å². The number of hydrogen-bond donors (Lipinski definition) is 1. The average molecular weight is 331 g/mol. The summed E-state index contributed by atoms with van der Waals surface area (Å²) >= 11 is 9.67. The molecule has 100 valence electrons. The Kier molecular flexibility index (Phi) is 4.74. The Balaban J connectivity index is 2.19. The van der Waals surface area contributed by atoms with E-state index in [2.05, 4.69) is 29.8 Å². The maximum Gasteiger partial charge on any atom is 0.0410 e. The Hall–Kier alpha value is -0.0500. The third kappa shape index (κ3) is 3.28. The lowest BCUT2D eigenvalue weighted by Crippen LogP contribution is -2.29. The molecule has 1 saturated carbocycles. The van der Waals surface area contributed by atoms with Crippen molar-refractivity contribution in [1.82, 2.24) is 0 Å². The summed E-state index contributed by atoms with van der Waals surface area (Å²) in [6.07, 6.45) is 3.79. The molecule has 3 unspecified atom stereocenters. The smallest absolute Gasteiger partial charge is 0.0410 e. The van der Waals surface area contributed by atoms with Crippen molar-refractivity contribution in [2.75, 3.05) is 0 Å². The van der Waals surface area contributed by atoms with Gasteiger partial charge in [-0.2, -0.15) is 0 Å². The molecular formula is C15H21BrClN. The Labute approximate surface area is 123 Å². The first-order chi connectivity index (χ1) is 8.47. The average Bonchev–Trinajstić information content (AvgIpc) is 2.30. The van der Waals surface area contributed by atoms with Crippen LogP contribution in [0.25, 0.3) is 0 Å². The van der Waals surface area contributed by atoms with Crippen LogP contribution in [0.4, 0.5) is 0 Å². The van der Waals surface area contributed by atoms with E-state index in [4.69, 9.17) is 17.3 Å². The number of hydrogen-bond acceptors (Lipinski definition) is 1.